The van der Waals surface area contributed by atoms with E-state index < -0.39 is 0 Å². The van der Waals surface area contributed by atoms with Gasteiger partial charge in [0.05, 0.1) is 16.7 Å². The molecule has 16 heavy (non-hydrogen) atoms. The Morgan fingerprint density at radius 2 is 2.00 bits per heavy atom. The molecule has 1 aromatic heterocycles. The molecule has 1 N–H and O–H groups in total. The van der Waals surface area contributed by atoms with Crippen LogP contribution in [0, 0.1) is 13.8 Å². The molecular formula is C13H16N2S. The molecular weight excluding hydrogens is 216 g/mol. The van der Waals surface area contributed by atoms with Gasteiger partial charge in [-0.2, -0.15) is 0 Å². The van der Waals surface area contributed by atoms with Crippen LogP contribution in [-0.4, -0.2) is 12.0 Å². The fourth-order valence-electron chi connectivity index (χ4n) is 1.89. The number of aromatic nitrogens is 1. The van der Waals surface area contributed by atoms with Crippen molar-refractivity contribution in [1.29, 1.82) is 0 Å². The maximum atomic E-state index is 4.56. The summed E-state index contributed by atoms with van der Waals surface area (Å²) in [4.78, 5) is 4.56. The van der Waals surface area contributed by atoms with Gasteiger partial charge in [-0.3, -0.25) is 0 Å². The van der Waals surface area contributed by atoms with Gasteiger partial charge >= 0.3 is 0 Å². The lowest BCUT2D eigenvalue weighted by Crippen LogP contribution is -2.19. The Morgan fingerprint density at radius 1 is 1.25 bits per heavy atom. The molecule has 0 saturated heterocycles. The van der Waals surface area contributed by atoms with Crippen LogP contribution in [0.3, 0.4) is 0 Å². The Hall–Kier alpha value is -1.19. The second-order valence-corrected chi connectivity index (χ2v) is 4.93. The maximum Gasteiger partial charge on any atom is 0.0898 e. The van der Waals surface area contributed by atoms with E-state index in [1.54, 1.807) is 11.3 Å². The van der Waals surface area contributed by atoms with Crippen LogP contribution in [0.15, 0.2) is 29.6 Å². The zero-order valence-electron chi connectivity index (χ0n) is 9.82. The van der Waals surface area contributed by atoms with Crippen molar-refractivity contribution >= 4 is 11.3 Å². The first kappa shape index (κ1) is 11.3. The molecule has 1 atom stereocenters. The van der Waals surface area contributed by atoms with Crippen LogP contribution >= 0.6 is 11.3 Å². The lowest BCUT2D eigenvalue weighted by Gasteiger charge is -2.16. The van der Waals surface area contributed by atoms with E-state index in [0.29, 0.717) is 0 Å². The molecule has 0 amide bonds. The van der Waals surface area contributed by atoms with Crippen LogP contribution in [-0.2, 0) is 0 Å². The van der Waals surface area contributed by atoms with Crippen LogP contribution in [0.4, 0.5) is 0 Å². The van der Waals surface area contributed by atoms with Crippen LogP contribution in [0.2, 0.25) is 0 Å². The van der Waals surface area contributed by atoms with E-state index in [1.165, 1.54) is 11.1 Å². The number of hydrogen-bond acceptors (Lipinski definition) is 3. The van der Waals surface area contributed by atoms with Gasteiger partial charge in [0.2, 0.25) is 0 Å². The van der Waals surface area contributed by atoms with Crippen LogP contribution in [0.25, 0.3) is 0 Å². The molecule has 1 aromatic carbocycles. The molecule has 3 heteroatoms. The molecule has 1 unspecified atom stereocenters. The number of rotatable bonds is 3. The van der Waals surface area contributed by atoms with Crippen molar-refractivity contribution in [3.8, 4) is 0 Å². The van der Waals surface area contributed by atoms with Gasteiger partial charge in [0.15, 0.2) is 0 Å². The Bertz CT molecular complexity index is 476. The topological polar surface area (TPSA) is 24.9 Å². The fraction of sp³-hybridized carbons (Fsp3) is 0.308. The smallest absolute Gasteiger partial charge is 0.0898 e. The predicted octanol–water partition coefficient (Wildman–Crippen LogP) is 3.07. The first-order chi connectivity index (χ1) is 7.72. The molecule has 0 saturated carbocycles. The highest BCUT2D eigenvalue weighted by Gasteiger charge is 2.15. The number of nitrogens with zero attached hydrogens (tertiary/aromatic N) is 1. The van der Waals surface area contributed by atoms with Crippen LogP contribution in [0.1, 0.15) is 27.9 Å². The van der Waals surface area contributed by atoms with Gasteiger partial charge < -0.3 is 5.32 Å². The highest BCUT2D eigenvalue weighted by atomic mass is 32.1. The van der Waals surface area contributed by atoms with Gasteiger partial charge in [0, 0.05) is 5.38 Å². The zero-order chi connectivity index (χ0) is 11.5. The van der Waals surface area contributed by atoms with Gasteiger partial charge in [-0.05, 0) is 32.0 Å². The average molecular weight is 232 g/mol. The van der Waals surface area contributed by atoms with Crippen molar-refractivity contribution < 1.29 is 0 Å². The Balaban J connectivity index is 2.40. The summed E-state index contributed by atoms with van der Waals surface area (Å²) in [5.41, 5.74) is 3.71. The molecule has 0 bridgehead atoms. The Morgan fingerprint density at radius 3 is 2.56 bits per heavy atom. The molecule has 0 radical (unpaired) electrons. The third kappa shape index (κ3) is 2.15. The summed E-state index contributed by atoms with van der Waals surface area (Å²) in [7, 11) is 1.98. The van der Waals surface area contributed by atoms with Crippen molar-refractivity contribution in [2.75, 3.05) is 7.05 Å². The van der Waals surface area contributed by atoms with Crippen molar-refractivity contribution in [2.24, 2.45) is 0 Å². The van der Waals surface area contributed by atoms with Gasteiger partial charge in [-0.1, -0.05) is 24.3 Å². The summed E-state index contributed by atoms with van der Waals surface area (Å²) in [6, 6.07) is 8.64. The quantitative estimate of drug-likeness (QED) is 0.879. The van der Waals surface area contributed by atoms with E-state index in [9.17, 15) is 0 Å². The van der Waals surface area contributed by atoms with E-state index in [2.05, 4.69) is 46.9 Å². The number of nitrogens with one attached hydrogen (secondary N) is 1. The number of aryl methyl sites for hydroxylation is 2. The van der Waals surface area contributed by atoms with Gasteiger partial charge in [0.25, 0.3) is 0 Å². The SMILES string of the molecule is CNC(c1csc(C)n1)c1ccccc1C. The van der Waals surface area contributed by atoms with E-state index in [0.717, 1.165) is 10.7 Å². The van der Waals surface area contributed by atoms with Crippen molar-refractivity contribution in [1.82, 2.24) is 10.3 Å². The second-order valence-electron chi connectivity index (χ2n) is 3.87. The third-order valence-electron chi connectivity index (χ3n) is 2.72. The van der Waals surface area contributed by atoms with Gasteiger partial charge in [0.1, 0.15) is 0 Å². The number of benzene rings is 1. The largest absolute Gasteiger partial charge is 0.308 e. The lowest BCUT2D eigenvalue weighted by atomic mass is 9.99. The number of hydrogen-bond donors (Lipinski definition) is 1. The highest BCUT2D eigenvalue weighted by molar-refractivity contribution is 7.09. The summed E-state index contributed by atoms with van der Waals surface area (Å²) in [6.07, 6.45) is 0. The van der Waals surface area contributed by atoms with Gasteiger partial charge in [-0.25, -0.2) is 4.98 Å². The van der Waals surface area contributed by atoms with Crippen LogP contribution < -0.4 is 5.32 Å². The van der Waals surface area contributed by atoms with E-state index in [-0.39, 0.29) is 6.04 Å². The molecule has 0 aliphatic rings. The Kier molecular flexibility index (Phi) is 3.36. The van der Waals surface area contributed by atoms with Crippen molar-refractivity contribution in [3.63, 3.8) is 0 Å². The summed E-state index contributed by atoms with van der Waals surface area (Å²) in [6.45, 7) is 4.18. The molecule has 2 nitrogen and oxygen atoms in total. The normalized spacial score (nSPS) is 12.7. The second kappa shape index (κ2) is 4.76. The molecule has 84 valence electrons. The Labute approximate surface area is 100 Å². The summed E-state index contributed by atoms with van der Waals surface area (Å²) >= 11 is 1.70. The summed E-state index contributed by atoms with van der Waals surface area (Å²) in [5.74, 6) is 0. The first-order valence-corrected chi connectivity index (χ1v) is 6.25. The summed E-state index contributed by atoms with van der Waals surface area (Å²) in [5, 5.41) is 6.58. The van der Waals surface area contributed by atoms with Crippen molar-refractivity contribution in [3.05, 3.63) is 51.5 Å². The van der Waals surface area contributed by atoms with Crippen LogP contribution in [0.5, 0.6) is 0 Å². The maximum absolute atomic E-state index is 4.56. The van der Waals surface area contributed by atoms with E-state index in [4.69, 9.17) is 0 Å². The minimum Gasteiger partial charge on any atom is -0.308 e. The molecule has 0 aliphatic carbocycles. The number of thiazole rings is 1. The molecule has 0 fully saturated rings. The average Bonchev–Trinajstić information content (AvgIpc) is 2.69. The van der Waals surface area contributed by atoms with E-state index >= 15 is 0 Å². The molecule has 0 aliphatic heterocycles. The first-order valence-electron chi connectivity index (χ1n) is 5.37. The molecule has 2 rings (SSSR count). The van der Waals surface area contributed by atoms with Gasteiger partial charge in [-0.15, -0.1) is 11.3 Å². The standard InChI is InChI=1S/C13H16N2S/c1-9-6-4-5-7-11(9)13(14-3)12-8-16-10(2)15-12/h4-8,13-14H,1-3H3. The summed E-state index contributed by atoms with van der Waals surface area (Å²) < 4.78 is 0. The minimum absolute atomic E-state index is 0.200. The molecule has 2 aromatic rings. The van der Waals surface area contributed by atoms with Crippen molar-refractivity contribution in [2.45, 2.75) is 19.9 Å². The third-order valence-corrected chi connectivity index (χ3v) is 3.51. The van der Waals surface area contributed by atoms with E-state index in [1.807, 2.05) is 14.0 Å². The highest BCUT2D eigenvalue weighted by Crippen LogP contribution is 2.25. The lowest BCUT2D eigenvalue weighted by molar-refractivity contribution is 0.670. The molecule has 1 heterocycles. The fourth-order valence-corrected chi connectivity index (χ4v) is 2.52. The zero-order valence-corrected chi connectivity index (χ0v) is 10.6. The predicted molar refractivity (Wildman–Crippen MR) is 68.9 cm³/mol. The molecule has 0 spiro atoms. The monoisotopic (exact) mass is 232 g/mol. The minimum atomic E-state index is 0.200.